The molecule has 46 heavy (non-hydrogen) atoms. The number of esters is 1. The summed E-state index contributed by atoms with van der Waals surface area (Å²) in [6.07, 6.45) is 34.7. The summed E-state index contributed by atoms with van der Waals surface area (Å²) in [6, 6.07) is 0. The molecule has 0 fully saturated rings. The number of carbonyl (C=O) groups excluding carboxylic acids is 1. The second-order valence-corrected chi connectivity index (χ2v) is 14.6. The maximum atomic E-state index is 12.2. The van der Waals surface area contributed by atoms with E-state index in [1.807, 2.05) is 0 Å². The molecule has 3 N–H and O–H groups in total. The van der Waals surface area contributed by atoms with Gasteiger partial charge in [-0.25, -0.2) is 4.57 Å². The van der Waals surface area contributed by atoms with Gasteiger partial charge in [0.15, 0.2) is 0 Å². The Bertz CT molecular complexity index is 682. The number of hydrogen-bond acceptors (Lipinski definition) is 7. The van der Waals surface area contributed by atoms with Crippen molar-refractivity contribution in [3.8, 4) is 0 Å². The van der Waals surface area contributed by atoms with Gasteiger partial charge in [0.2, 0.25) is 0 Å². The lowest BCUT2D eigenvalue weighted by molar-refractivity contribution is -0.154. The van der Waals surface area contributed by atoms with Crippen molar-refractivity contribution in [3.05, 3.63) is 0 Å². The first-order valence-corrected chi connectivity index (χ1v) is 21.0. The van der Waals surface area contributed by atoms with E-state index in [1.54, 1.807) is 0 Å². The zero-order valence-electron chi connectivity index (χ0n) is 30.3. The molecule has 0 radical (unpaired) electrons. The first-order chi connectivity index (χ1) is 22.4. The molecule has 0 aromatic heterocycles. The van der Waals surface area contributed by atoms with Crippen LogP contribution in [-0.4, -0.2) is 49.9 Å². The van der Waals surface area contributed by atoms with Gasteiger partial charge in [0, 0.05) is 19.6 Å². The van der Waals surface area contributed by atoms with Crippen LogP contribution in [0.4, 0.5) is 0 Å². The molecule has 276 valence electrons. The Morgan fingerprint density at radius 2 is 0.957 bits per heavy atom. The maximum Gasteiger partial charge on any atom is 0.472 e. The number of phosphoric acid groups is 1. The minimum atomic E-state index is -4.25. The number of ether oxygens (including phenoxy) is 2. The SMILES string of the molecule is CCCCCCCCCCCCCCCCCCCCCCCCCOCC(COP(=O)(O)OCCN)OC(=O)CCCCCC. The van der Waals surface area contributed by atoms with Crippen molar-refractivity contribution in [1.82, 2.24) is 0 Å². The number of nitrogens with two attached hydrogens (primary N) is 1. The molecule has 2 atom stereocenters. The van der Waals surface area contributed by atoms with Gasteiger partial charge in [-0.1, -0.05) is 174 Å². The smallest absolute Gasteiger partial charge is 0.457 e. The fraction of sp³-hybridized carbons (Fsp3) is 0.973. The number of carbonyl (C=O) groups is 1. The highest BCUT2D eigenvalue weighted by Gasteiger charge is 2.25. The van der Waals surface area contributed by atoms with E-state index in [9.17, 15) is 14.3 Å². The molecule has 0 aromatic carbocycles. The zero-order chi connectivity index (χ0) is 33.8. The van der Waals surface area contributed by atoms with E-state index < -0.39 is 13.9 Å². The van der Waals surface area contributed by atoms with Crippen LogP contribution in [0.2, 0.25) is 0 Å². The van der Waals surface area contributed by atoms with Crippen molar-refractivity contribution in [1.29, 1.82) is 0 Å². The van der Waals surface area contributed by atoms with Crippen LogP contribution in [0.15, 0.2) is 0 Å². The molecule has 9 heteroatoms. The lowest BCUT2D eigenvalue weighted by atomic mass is 10.0. The molecule has 2 unspecified atom stereocenters. The fourth-order valence-electron chi connectivity index (χ4n) is 5.64. The zero-order valence-corrected chi connectivity index (χ0v) is 31.2. The minimum Gasteiger partial charge on any atom is -0.457 e. The normalized spacial score (nSPS) is 13.6. The molecule has 0 spiro atoms. The van der Waals surface area contributed by atoms with Crippen LogP contribution in [0.5, 0.6) is 0 Å². The quantitative estimate of drug-likeness (QED) is 0.0377. The van der Waals surface area contributed by atoms with E-state index >= 15 is 0 Å². The third-order valence-electron chi connectivity index (χ3n) is 8.52. The average Bonchev–Trinajstić information content (AvgIpc) is 3.04. The van der Waals surface area contributed by atoms with Gasteiger partial charge in [0.25, 0.3) is 0 Å². The van der Waals surface area contributed by atoms with Gasteiger partial charge in [0.1, 0.15) is 6.10 Å². The number of hydrogen-bond donors (Lipinski definition) is 2. The summed E-state index contributed by atoms with van der Waals surface area (Å²) in [5.74, 6) is -0.344. The van der Waals surface area contributed by atoms with Crippen molar-refractivity contribution in [2.45, 2.75) is 200 Å². The Morgan fingerprint density at radius 3 is 1.37 bits per heavy atom. The molecule has 0 rings (SSSR count). The Labute approximate surface area is 284 Å². The van der Waals surface area contributed by atoms with Crippen molar-refractivity contribution < 1.29 is 32.8 Å². The molecule has 0 saturated heterocycles. The van der Waals surface area contributed by atoms with Crippen LogP contribution in [0.3, 0.4) is 0 Å². The summed E-state index contributed by atoms with van der Waals surface area (Å²) in [5, 5.41) is 0. The third kappa shape index (κ3) is 34.8. The predicted octanol–water partition coefficient (Wildman–Crippen LogP) is 11.0. The molecule has 0 bridgehead atoms. The third-order valence-corrected chi connectivity index (χ3v) is 9.51. The second kappa shape index (κ2) is 35.8. The van der Waals surface area contributed by atoms with E-state index in [0.717, 1.165) is 38.5 Å². The Morgan fingerprint density at radius 1 is 0.565 bits per heavy atom. The summed E-state index contributed by atoms with van der Waals surface area (Å²) < 4.78 is 33.0. The van der Waals surface area contributed by atoms with Gasteiger partial charge in [-0.05, 0) is 12.8 Å². The maximum absolute atomic E-state index is 12.2. The van der Waals surface area contributed by atoms with E-state index in [4.69, 9.17) is 24.3 Å². The lowest BCUT2D eigenvalue weighted by Crippen LogP contribution is -2.28. The Balaban J connectivity index is 3.69. The van der Waals surface area contributed by atoms with Crippen molar-refractivity contribution >= 4 is 13.8 Å². The molecule has 0 amide bonds. The lowest BCUT2D eigenvalue weighted by Gasteiger charge is -2.20. The van der Waals surface area contributed by atoms with E-state index in [-0.39, 0.29) is 32.3 Å². The van der Waals surface area contributed by atoms with Crippen molar-refractivity contribution in [3.63, 3.8) is 0 Å². The summed E-state index contributed by atoms with van der Waals surface area (Å²) in [4.78, 5) is 22.0. The summed E-state index contributed by atoms with van der Waals surface area (Å²) >= 11 is 0. The molecule has 0 saturated carbocycles. The van der Waals surface area contributed by atoms with Crippen molar-refractivity contribution in [2.24, 2.45) is 5.73 Å². The predicted molar refractivity (Wildman–Crippen MR) is 192 cm³/mol. The van der Waals surface area contributed by atoms with Crippen LogP contribution in [0, 0.1) is 0 Å². The minimum absolute atomic E-state index is 0.0916. The standard InChI is InChI=1S/C37H76NO7P/c1-3-5-7-9-10-11-12-13-14-15-16-17-18-19-20-21-22-23-24-25-26-27-29-32-42-34-36(35-44-46(40,41)43-33-31-38)45-37(39)30-28-8-6-4-2/h36H,3-35,38H2,1-2H3,(H,40,41). The van der Waals surface area contributed by atoms with Gasteiger partial charge in [0.05, 0.1) is 19.8 Å². The summed E-state index contributed by atoms with van der Waals surface area (Å²) in [5.41, 5.74) is 5.32. The van der Waals surface area contributed by atoms with Crippen LogP contribution in [0.1, 0.15) is 194 Å². The van der Waals surface area contributed by atoms with E-state index in [0.29, 0.717) is 13.0 Å². The highest BCUT2D eigenvalue weighted by Crippen LogP contribution is 2.43. The highest BCUT2D eigenvalue weighted by molar-refractivity contribution is 7.47. The van der Waals surface area contributed by atoms with Crippen LogP contribution in [0.25, 0.3) is 0 Å². The first-order valence-electron chi connectivity index (χ1n) is 19.5. The molecule has 0 aliphatic heterocycles. The Kier molecular flexibility index (Phi) is 35.4. The van der Waals surface area contributed by atoms with Gasteiger partial charge in [-0.3, -0.25) is 13.8 Å². The first kappa shape index (κ1) is 45.5. The topological polar surface area (TPSA) is 117 Å². The van der Waals surface area contributed by atoms with Crippen LogP contribution >= 0.6 is 7.82 Å². The largest absolute Gasteiger partial charge is 0.472 e. The molecule has 0 aromatic rings. The molecule has 0 heterocycles. The molecular weight excluding hydrogens is 601 g/mol. The highest BCUT2D eigenvalue weighted by atomic mass is 31.2. The van der Waals surface area contributed by atoms with Gasteiger partial charge < -0.3 is 20.1 Å². The second-order valence-electron chi connectivity index (χ2n) is 13.2. The Hall–Kier alpha value is -0.500. The number of unbranched alkanes of at least 4 members (excludes halogenated alkanes) is 25. The molecule has 8 nitrogen and oxygen atoms in total. The van der Waals surface area contributed by atoms with E-state index in [2.05, 4.69) is 13.8 Å². The average molecular weight is 678 g/mol. The number of phosphoric ester groups is 1. The van der Waals surface area contributed by atoms with Gasteiger partial charge in [-0.2, -0.15) is 0 Å². The summed E-state index contributed by atoms with van der Waals surface area (Å²) in [6.45, 7) is 4.83. The van der Waals surface area contributed by atoms with Gasteiger partial charge >= 0.3 is 13.8 Å². The molecule has 0 aliphatic carbocycles. The fourth-order valence-corrected chi connectivity index (χ4v) is 6.41. The molecular formula is C37H76NO7P. The monoisotopic (exact) mass is 678 g/mol. The number of rotatable bonds is 38. The summed E-state index contributed by atoms with van der Waals surface area (Å²) in [7, 11) is -4.25. The molecule has 0 aliphatic rings. The van der Waals surface area contributed by atoms with Crippen LogP contribution in [-0.2, 0) is 27.9 Å². The van der Waals surface area contributed by atoms with E-state index in [1.165, 1.54) is 135 Å². The van der Waals surface area contributed by atoms with Crippen LogP contribution < -0.4 is 5.73 Å². The van der Waals surface area contributed by atoms with Gasteiger partial charge in [-0.15, -0.1) is 0 Å². The van der Waals surface area contributed by atoms with Crippen molar-refractivity contribution in [2.75, 3.05) is 33.0 Å².